The summed E-state index contributed by atoms with van der Waals surface area (Å²) in [6.45, 7) is 6.54. The quantitative estimate of drug-likeness (QED) is 0.532. The Kier molecular flexibility index (Phi) is 3.52. The van der Waals surface area contributed by atoms with Gasteiger partial charge in [-0.15, -0.1) is 0 Å². The summed E-state index contributed by atoms with van der Waals surface area (Å²) in [5.41, 5.74) is 0.372. The molecule has 0 heterocycles. The summed E-state index contributed by atoms with van der Waals surface area (Å²) in [5.74, 6) is 0. The molecule has 0 aromatic heterocycles. The van der Waals surface area contributed by atoms with Gasteiger partial charge < -0.3 is 0 Å². The average Bonchev–Trinajstić information content (AvgIpc) is 1.63. The van der Waals surface area contributed by atoms with Crippen molar-refractivity contribution < 1.29 is 4.79 Å². The van der Waals surface area contributed by atoms with Crippen LogP contribution >= 0.6 is 0 Å². The van der Waals surface area contributed by atoms with Crippen LogP contribution in [0.2, 0.25) is 0 Å². The topological polar surface area (TPSA) is 17.1 Å². The molecule has 1 radical (unpaired) electrons. The molecule has 0 atom stereocenters. The maximum absolute atomic E-state index is 9.77. The van der Waals surface area contributed by atoms with Gasteiger partial charge in [0.25, 0.3) is 0 Å². The van der Waals surface area contributed by atoms with Gasteiger partial charge >= 0.3 is 0 Å². The molecule has 0 rings (SSSR count). The summed E-state index contributed by atoms with van der Waals surface area (Å²) in [6, 6.07) is 0. The van der Waals surface area contributed by atoms with Crippen molar-refractivity contribution in [1.82, 2.24) is 0 Å². The third-order valence-electron chi connectivity index (χ3n) is 1.21. The molecule has 0 unspecified atom stereocenters. The highest BCUT2D eigenvalue weighted by atomic mass is 16.1. The fraction of sp³-hybridized carbons (Fsp3) is 0.875. The Hall–Kier alpha value is -0.330. The van der Waals surface area contributed by atoms with E-state index < -0.39 is 0 Å². The van der Waals surface area contributed by atoms with Crippen LogP contribution in [-0.4, -0.2) is 6.29 Å². The number of rotatable bonds is 3. The van der Waals surface area contributed by atoms with Crippen molar-refractivity contribution >= 4 is 6.29 Å². The molecule has 1 nitrogen and oxygen atoms in total. The Morgan fingerprint density at radius 3 is 2.22 bits per heavy atom. The Bertz CT molecular complexity index is 79.1. The van der Waals surface area contributed by atoms with Crippen LogP contribution in [0.3, 0.4) is 0 Å². The van der Waals surface area contributed by atoms with Crippen molar-refractivity contribution in [3.63, 3.8) is 0 Å². The zero-order valence-corrected chi connectivity index (χ0v) is 6.53. The Labute approximate surface area is 57.5 Å². The van der Waals surface area contributed by atoms with E-state index in [1.165, 1.54) is 0 Å². The van der Waals surface area contributed by atoms with Gasteiger partial charge in [-0.05, 0) is 18.3 Å². The van der Waals surface area contributed by atoms with Gasteiger partial charge in [0.15, 0.2) is 6.29 Å². The van der Waals surface area contributed by atoms with Crippen molar-refractivity contribution in [3.8, 4) is 0 Å². The molecule has 0 aliphatic rings. The van der Waals surface area contributed by atoms with Gasteiger partial charge in [0.05, 0.1) is 0 Å². The van der Waals surface area contributed by atoms with Crippen LogP contribution in [0.25, 0.3) is 0 Å². The molecule has 0 N–H and O–H groups in total. The van der Waals surface area contributed by atoms with E-state index in [1.54, 1.807) is 0 Å². The van der Waals surface area contributed by atoms with E-state index >= 15 is 0 Å². The molecule has 9 heavy (non-hydrogen) atoms. The second-order valence-electron chi connectivity index (χ2n) is 3.56. The summed E-state index contributed by atoms with van der Waals surface area (Å²) < 4.78 is 0. The van der Waals surface area contributed by atoms with Crippen molar-refractivity contribution in [3.05, 3.63) is 0 Å². The van der Waals surface area contributed by atoms with E-state index in [2.05, 4.69) is 20.8 Å². The molecule has 0 aliphatic heterocycles. The van der Waals surface area contributed by atoms with E-state index in [-0.39, 0.29) is 0 Å². The highest BCUT2D eigenvalue weighted by molar-refractivity contribution is 5.50. The minimum absolute atomic E-state index is 0.372. The second-order valence-corrected chi connectivity index (χ2v) is 3.56. The third kappa shape index (κ3) is 7.67. The summed E-state index contributed by atoms with van der Waals surface area (Å²) in [4.78, 5) is 9.77. The van der Waals surface area contributed by atoms with Gasteiger partial charge in [0.2, 0.25) is 0 Å². The minimum atomic E-state index is 0.372. The van der Waals surface area contributed by atoms with Crippen molar-refractivity contribution in [2.45, 2.75) is 40.0 Å². The molecule has 0 saturated heterocycles. The number of hydrogen-bond acceptors (Lipinski definition) is 1. The predicted octanol–water partition coefficient (Wildman–Crippen LogP) is 2.31. The fourth-order valence-electron chi connectivity index (χ4n) is 0.691. The molecule has 0 saturated carbocycles. The van der Waals surface area contributed by atoms with Crippen molar-refractivity contribution in [2.75, 3.05) is 0 Å². The van der Waals surface area contributed by atoms with Crippen LogP contribution in [-0.2, 0) is 4.79 Å². The van der Waals surface area contributed by atoms with Crippen molar-refractivity contribution in [1.29, 1.82) is 0 Å². The summed E-state index contributed by atoms with van der Waals surface area (Å²) in [7, 11) is 0. The Morgan fingerprint density at radius 2 is 1.89 bits per heavy atom. The van der Waals surface area contributed by atoms with E-state index in [4.69, 9.17) is 0 Å². The molecule has 0 spiro atoms. The number of carbonyl (C=O) groups excluding carboxylic acids is 1. The number of unbranched alkanes of at least 4 members (excludes halogenated alkanes) is 1. The van der Waals surface area contributed by atoms with Gasteiger partial charge in [-0.25, -0.2) is 0 Å². The lowest BCUT2D eigenvalue weighted by Crippen LogP contribution is -2.03. The first-order valence-electron chi connectivity index (χ1n) is 3.41. The molecule has 1 heteroatoms. The van der Waals surface area contributed by atoms with Gasteiger partial charge in [-0.1, -0.05) is 20.8 Å². The van der Waals surface area contributed by atoms with Crippen LogP contribution in [0.5, 0.6) is 0 Å². The first-order chi connectivity index (χ1) is 4.06. The van der Waals surface area contributed by atoms with E-state index in [9.17, 15) is 4.79 Å². The summed E-state index contributed by atoms with van der Waals surface area (Å²) in [6.07, 6.45) is 4.58. The van der Waals surface area contributed by atoms with Crippen LogP contribution in [0.15, 0.2) is 0 Å². The molecule has 0 amide bonds. The molecule has 0 fully saturated rings. The molecule has 0 aliphatic carbocycles. The monoisotopic (exact) mass is 127 g/mol. The average molecular weight is 127 g/mol. The molecule has 0 aromatic rings. The zero-order valence-electron chi connectivity index (χ0n) is 6.53. The molecular weight excluding hydrogens is 112 g/mol. The highest BCUT2D eigenvalue weighted by Crippen LogP contribution is 2.20. The normalized spacial score (nSPS) is 11.4. The lowest BCUT2D eigenvalue weighted by atomic mass is 9.90. The van der Waals surface area contributed by atoms with Gasteiger partial charge in [0, 0.05) is 6.42 Å². The van der Waals surface area contributed by atoms with Crippen molar-refractivity contribution in [2.24, 2.45) is 5.41 Å². The molecule has 53 valence electrons. The summed E-state index contributed by atoms with van der Waals surface area (Å²) >= 11 is 0. The molecular formula is C8H15O. The second kappa shape index (κ2) is 3.65. The Morgan fingerprint density at radius 1 is 1.33 bits per heavy atom. The van der Waals surface area contributed by atoms with E-state index in [0.717, 1.165) is 12.8 Å². The minimum Gasteiger partial charge on any atom is -0.291 e. The first-order valence-corrected chi connectivity index (χ1v) is 3.41. The standard InChI is InChI=1S/C8H15O/c1-8(2,3)6-4-5-7-9/h4-6H2,1-3H3. The van der Waals surface area contributed by atoms with Crippen LogP contribution in [0, 0.1) is 5.41 Å². The van der Waals surface area contributed by atoms with Crippen LogP contribution in [0.1, 0.15) is 40.0 Å². The van der Waals surface area contributed by atoms with Crippen LogP contribution in [0.4, 0.5) is 0 Å². The summed E-state index contributed by atoms with van der Waals surface area (Å²) in [5, 5.41) is 0. The lowest BCUT2D eigenvalue weighted by Gasteiger charge is -2.16. The number of hydrogen-bond donors (Lipinski definition) is 0. The van der Waals surface area contributed by atoms with Gasteiger partial charge in [-0.3, -0.25) is 4.79 Å². The largest absolute Gasteiger partial charge is 0.291 e. The van der Waals surface area contributed by atoms with Gasteiger partial charge in [0.1, 0.15) is 0 Å². The smallest absolute Gasteiger partial charge is 0.198 e. The highest BCUT2D eigenvalue weighted by Gasteiger charge is 2.08. The molecule has 0 aromatic carbocycles. The zero-order chi connectivity index (χ0) is 7.33. The molecule has 0 bridgehead atoms. The third-order valence-corrected chi connectivity index (χ3v) is 1.21. The van der Waals surface area contributed by atoms with Gasteiger partial charge in [-0.2, -0.15) is 0 Å². The first kappa shape index (κ1) is 8.67. The predicted molar refractivity (Wildman–Crippen MR) is 39.0 cm³/mol. The maximum atomic E-state index is 9.77. The van der Waals surface area contributed by atoms with Crippen LogP contribution < -0.4 is 0 Å². The lowest BCUT2D eigenvalue weighted by molar-refractivity contribution is 0.367. The fourth-order valence-corrected chi connectivity index (χ4v) is 0.691. The SMILES string of the molecule is CC(C)(C)CCC[C]=O. The maximum Gasteiger partial charge on any atom is 0.198 e. The Balaban J connectivity index is 3.17. The van der Waals surface area contributed by atoms with E-state index in [1.807, 2.05) is 6.29 Å². The van der Waals surface area contributed by atoms with E-state index in [0.29, 0.717) is 11.8 Å².